The van der Waals surface area contributed by atoms with Crippen molar-refractivity contribution in [1.82, 2.24) is 0 Å². The molecule has 0 radical (unpaired) electrons. The molecule has 202 valence electrons. The van der Waals surface area contributed by atoms with Crippen molar-refractivity contribution in [3.8, 4) is 94.7 Å². The molecule has 0 atom stereocenters. The van der Waals surface area contributed by atoms with Gasteiger partial charge < -0.3 is 0 Å². The normalized spacial score (nSPS) is 10.6. The smallest absolute Gasteiger partial charge is 0.0419 e. The van der Waals surface area contributed by atoms with E-state index in [0.29, 0.717) is 0 Å². The van der Waals surface area contributed by atoms with Gasteiger partial charge in [-0.15, -0.1) is 0 Å². The third kappa shape index (κ3) is 6.18. The van der Waals surface area contributed by atoms with Crippen LogP contribution in [0.2, 0.25) is 0 Å². The third-order valence-corrected chi connectivity index (χ3v) is 7.11. The summed E-state index contributed by atoms with van der Waals surface area (Å²) < 4.78 is 0. The lowest BCUT2D eigenvalue weighted by molar-refractivity contribution is 1.50. The molecule has 0 unspecified atom stereocenters. The first-order valence-electron chi connectivity index (χ1n) is 14.5. The van der Waals surface area contributed by atoms with Crippen LogP contribution in [-0.2, 0) is 0 Å². The molecule has 0 saturated carbocycles. The largest absolute Gasteiger partial charge is 0.0609 e. The summed E-state index contributed by atoms with van der Waals surface area (Å²) in [6.45, 7) is 0. The highest BCUT2D eigenvalue weighted by Crippen LogP contribution is 2.19. The Morgan fingerprint density at radius 3 is 0.587 bits per heavy atom. The Hall–Kier alpha value is -7.42. The molecule has 2 aliphatic rings. The minimum absolute atomic E-state index is 0.737. The molecule has 2 aliphatic carbocycles. The van der Waals surface area contributed by atoms with E-state index >= 15 is 0 Å². The van der Waals surface area contributed by atoms with Crippen molar-refractivity contribution < 1.29 is 0 Å². The van der Waals surface area contributed by atoms with Crippen LogP contribution in [0.4, 0.5) is 0 Å². The minimum atomic E-state index is 0.737. The molecule has 0 aromatic heterocycles. The summed E-state index contributed by atoms with van der Waals surface area (Å²) in [5.74, 6) is 51.4. The van der Waals surface area contributed by atoms with Crippen molar-refractivity contribution in [3.05, 3.63) is 176 Å². The van der Waals surface area contributed by atoms with Gasteiger partial charge in [0.2, 0.25) is 0 Å². The second-order valence-electron chi connectivity index (χ2n) is 10.1. The molecule has 0 amide bonds. The molecule has 0 N–H and O–H groups in total. The third-order valence-electron chi connectivity index (χ3n) is 7.11. The number of rotatable bonds is 0. The maximum Gasteiger partial charge on any atom is 0.0419 e. The maximum absolute atomic E-state index is 3.37. The highest BCUT2D eigenvalue weighted by atomic mass is 14.1. The van der Waals surface area contributed by atoms with E-state index in [1.165, 1.54) is 0 Å². The Labute approximate surface area is 269 Å². The first-order chi connectivity index (χ1) is 22.8. The van der Waals surface area contributed by atoms with Gasteiger partial charge in [0.1, 0.15) is 0 Å². The van der Waals surface area contributed by atoms with E-state index < -0.39 is 0 Å². The van der Waals surface area contributed by atoms with Crippen LogP contribution in [-0.4, -0.2) is 0 Å². The average Bonchev–Trinajstić information content (AvgIpc) is 3.10. The maximum atomic E-state index is 3.37. The molecule has 0 fully saturated rings. The van der Waals surface area contributed by atoms with E-state index in [2.05, 4.69) is 94.7 Å². The van der Waals surface area contributed by atoms with Crippen molar-refractivity contribution >= 4 is 0 Å². The van der Waals surface area contributed by atoms with Gasteiger partial charge in [-0.05, 0) is 84.3 Å². The highest BCUT2D eigenvalue weighted by Gasteiger charge is 2.08. The first-order valence-corrected chi connectivity index (χ1v) is 14.5. The van der Waals surface area contributed by atoms with E-state index in [9.17, 15) is 0 Å². The van der Waals surface area contributed by atoms with Crippen LogP contribution >= 0.6 is 0 Å². The van der Waals surface area contributed by atoms with Gasteiger partial charge in [-0.3, -0.25) is 0 Å². The van der Waals surface area contributed by atoms with Crippen LogP contribution in [0.15, 0.2) is 109 Å². The predicted octanol–water partition coefficient (Wildman–Crippen LogP) is 6.72. The summed E-state index contributed by atoms with van der Waals surface area (Å²) in [5.41, 5.74) is 9.38. The Balaban J connectivity index is 1.54. The topological polar surface area (TPSA) is 0 Å². The van der Waals surface area contributed by atoms with Crippen molar-refractivity contribution in [2.24, 2.45) is 0 Å². The second kappa shape index (κ2) is 12.8. The molecular formula is C46H18. The van der Waals surface area contributed by atoms with Crippen LogP contribution in [0.3, 0.4) is 0 Å². The fourth-order valence-electron chi connectivity index (χ4n) is 4.75. The Morgan fingerprint density at radius 2 is 0.370 bits per heavy atom. The van der Waals surface area contributed by atoms with Crippen LogP contribution < -0.4 is 0 Å². The summed E-state index contributed by atoms with van der Waals surface area (Å²) in [7, 11) is 0. The van der Waals surface area contributed by atoms with Crippen molar-refractivity contribution in [2.75, 3.05) is 0 Å². The zero-order chi connectivity index (χ0) is 31.0. The van der Waals surface area contributed by atoms with Gasteiger partial charge in [-0.2, -0.15) is 0 Å². The van der Waals surface area contributed by atoms with Gasteiger partial charge in [-0.1, -0.05) is 120 Å². The Kier molecular flexibility index (Phi) is 7.65. The van der Waals surface area contributed by atoms with E-state index in [-0.39, 0.29) is 0 Å². The molecule has 5 aromatic rings. The number of hydrogen-bond donors (Lipinski definition) is 0. The molecule has 0 spiro atoms. The van der Waals surface area contributed by atoms with Crippen LogP contribution in [0, 0.1) is 94.7 Å². The van der Waals surface area contributed by atoms with E-state index in [1.54, 1.807) is 0 Å². The van der Waals surface area contributed by atoms with Gasteiger partial charge >= 0.3 is 0 Å². The summed E-state index contributed by atoms with van der Waals surface area (Å²) in [6.07, 6.45) is 0. The second-order valence-corrected chi connectivity index (χ2v) is 10.1. The number of fused-ring (bicyclic) bond motifs is 10. The lowest BCUT2D eigenvalue weighted by atomic mass is 9.97. The molecule has 5 aromatic carbocycles. The SMILES string of the molecule is C1#Cc2ccccc2C#Cc2cc(c3cc2C#Cc2ccccc2C#CC#Cc2ccccc2C#C3)C#Cc2ccccc2C#C1. The van der Waals surface area contributed by atoms with Gasteiger partial charge in [0.15, 0.2) is 0 Å². The summed E-state index contributed by atoms with van der Waals surface area (Å²) in [5, 5.41) is 0. The fourth-order valence-corrected chi connectivity index (χ4v) is 4.75. The average molecular weight is 571 g/mol. The standard InChI is InChI=1S/C46H18/c1-2-14-36-18-6-10-22-40(36)26-30-44-33-43(29-25-39-21-9-5-17-35(39)13-1)45-31-27-41-23-11-7-19-37(41)15-3-4-16-38-20-8-12-24-42(38)28-32-46(44)34-45/h5-12,17-24,33-34H. The molecule has 4 bridgehead atoms. The first kappa shape index (κ1) is 27.4. The highest BCUT2D eigenvalue weighted by molar-refractivity contribution is 5.67. The summed E-state index contributed by atoms with van der Waals surface area (Å²) >= 11 is 0. The van der Waals surface area contributed by atoms with Crippen LogP contribution in [0.1, 0.15) is 66.8 Å². The molecule has 0 heterocycles. The molecular weight excluding hydrogens is 553 g/mol. The quantitative estimate of drug-likeness (QED) is 0.182. The van der Waals surface area contributed by atoms with Gasteiger partial charge in [0.05, 0.1) is 0 Å². The predicted molar refractivity (Wildman–Crippen MR) is 184 cm³/mol. The van der Waals surface area contributed by atoms with Crippen molar-refractivity contribution in [1.29, 1.82) is 0 Å². The van der Waals surface area contributed by atoms with Gasteiger partial charge in [-0.25, -0.2) is 0 Å². The van der Waals surface area contributed by atoms with E-state index in [4.69, 9.17) is 0 Å². The molecule has 0 aliphatic heterocycles. The van der Waals surface area contributed by atoms with E-state index in [0.717, 1.165) is 66.8 Å². The van der Waals surface area contributed by atoms with E-state index in [1.807, 2.05) is 109 Å². The minimum Gasteiger partial charge on any atom is -0.0609 e. The lowest BCUT2D eigenvalue weighted by Gasteiger charge is -2.04. The monoisotopic (exact) mass is 570 g/mol. The molecule has 0 nitrogen and oxygen atoms in total. The Morgan fingerprint density at radius 1 is 0.196 bits per heavy atom. The zero-order valence-electron chi connectivity index (χ0n) is 24.4. The van der Waals surface area contributed by atoms with Crippen LogP contribution in [0.25, 0.3) is 0 Å². The summed E-state index contributed by atoms with van der Waals surface area (Å²) in [4.78, 5) is 0. The molecule has 46 heavy (non-hydrogen) atoms. The van der Waals surface area contributed by atoms with Gasteiger partial charge in [0, 0.05) is 66.8 Å². The molecule has 0 saturated heterocycles. The van der Waals surface area contributed by atoms with Crippen molar-refractivity contribution in [2.45, 2.75) is 0 Å². The fraction of sp³-hybridized carbons (Fsp3) is 0. The number of hydrogen-bond acceptors (Lipinski definition) is 0. The number of benzene rings is 5. The molecule has 0 heteroatoms. The van der Waals surface area contributed by atoms with Crippen LogP contribution in [0.5, 0.6) is 0 Å². The summed E-state index contributed by atoms with van der Waals surface area (Å²) in [6, 6.07) is 35.2. The molecule has 7 rings (SSSR count). The lowest BCUT2D eigenvalue weighted by Crippen LogP contribution is -1.94. The van der Waals surface area contributed by atoms with Gasteiger partial charge in [0.25, 0.3) is 0 Å². The zero-order valence-corrected chi connectivity index (χ0v) is 24.4. The Bertz CT molecular complexity index is 2250. The van der Waals surface area contributed by atoms with Crippen molar-refractivity contribution in [3.63, 3.8) is 0 Å².